The minimum absolute atomic E-state index is 0.250. The van der Waals surface area contributed by atoms with E-state index in [0.29, 0.717) is 34.5 Å². The van der Waals surface area contributed by atoms with Gasteiger partial charge in [0.15, 0.2) is 5.58 Å². The molecule has 1 amide bonds. The van der Waals surface area contributed by atoms with Crippen molar-refractivity contribution in [2.24, 2.45) is 11.8 Å². The Kier molecular flexibility index (Phi) is 4.35. The Morgan fingerprint density at radius 1 is 1.21 bits per heavy atom. The lowest BCUT2D eigenvalue weighted by molar-refractivity contribution is -0.122. The largest absolute Gasteiger partial charge is 0.423 e. The van der Waals surface area contributed by atoms with E-state index in [4.69, 9.17) is 16.0 Å². The van der Waals surface area contributed by atoms with E-state index in [-0.39, 0.29) is 5.91 Å². The molecule has 1 aromatic carbocycles. The number of carbonyl (C=O) groups excluding carboxylic acids is 1. The van der Waals surface area contributed by atoms with Crippen molar-refractivity contribution in [1.29, 1.82) is 0 Å². The number of anilines is 1. The number of benzene rings is 1. The van der Waals surface area contributed by atoms with Gasteiger partial charge in [-0.3, -0.25) is 4.79 Å². The minimum atomic E-state index is 0.250. The first-order chi connectivity index (χ1) is 11.7. The third-order valence-corrected chi connectivity index (χ3v) is 5.27. The summed E-state index contributed by atoms with van der Waals surface area (Å²) >= 11 is 5.97. The van der Waals surface area contributed by atoms with Gasteiger partial charge in [-0.1, -0.05) is 11.6 Å². The SMILES string of the molecule is O=C(NCC1CCC(Nc2nc3ccc(Cl)cc3o2)CC1)C1CC1. The van der Waals surface area contributed by atoms with Crippen molar-refractivity contribution in [2.45, 2.75) is 44.6 Å². The van der Waals surface area contributed by atoms with E-state index in [0.717, 1.165) is 50.6 Å². The molecule has 0 unspecified atom stereocenters. The first-order valence-electron chi connectivity index (χ1n) is 8.78. The van der Waals surface area contributed by atoms with Gasteiger partial charge in [0.05, 0.1) is 0 Å². The highest BCUT2D eigenvalue weighted by Crippen LogP contribution is 2.30. The second-order valence-corrected chi connectivity index (χ2v) is 7.45. The highest BCUT2D eigenvalue weighted by atomic mass is 35.5. The Hall–Kier alpha value is -1.75. The summed E-state index contributed by atoms with van der Waals surface area (Å²) in [6.45, 7) is 0.823. The van der Waals surface area contributed by atoms with Crippen LogP contribution in [0.4, 0.5) is 6.01 Å². The molecule has 2 N–H and O–H groups in total. The van der Waals surface area contributed by atoms with Crippen LogP contribution in [0.25, 0.3) is 11.1 Å². The molecule has 128 valence electrons. The van der Waals surface area contributed by atoms with Gasteiger partial charge in [0.2, 0.25) is 5.91 Å². The predicted molar refractivity (Wildman–Crippen MR) is 94.1 cm³/mol. The van der Waals surface area contributed by atoms with Crippen molar-refractivity contribution in [2.75, 3.05) is 11.9 Å². The monoisotopic (exact) mass is 347 g/mol. The smallest absolute Gasteiger partial charge is 0.295 e. The molecule has 2 saturated carbocycles. The van der Waals surface area contributed by atoms with Crippen molar-refractivity contribution < 1.29 is 9.21 Å². The number of nitrogens with one attached hydrogen (secondary N) is 2. The van der Waals surface area contributed by atoms with Gasteiger partial charge < -0.3 is 15.1 Å². The molecule has 6 heteroatoms. The zero-order chi connectivity index (χ0) is 16.5. The number of oxazole rings is 1. The Bertz CT molecular complexity index is 733. The van der Waals surface area contributed by atoms with Crippen LogP contribution in [0.3, 0.4) is 0 Å². The van der Waals surface area contributed by atoms with Crippen LogP contribution in [0.1, 0.15) is 38.5 Å². The molecule has 0 aliphatic heterocycles. The van der Waals surface area contributed by atoms with E-state index in [2.05, 4.69) is 15.6 Å². The lowest BCUT2D eigenvalue weighted by Crippen LogP contribution is -2.34. The quantitative estimate of drug-likeness (QED) is 0.858. The van der Waals surface area contributed by atoms with Crippen LogP contribution in [0.2, 0.25) is 5.02 Å². The molecule has 0 bridgehead atoms. The lowest BCUT2D eigenvalue weighted by Gasteiger charge is -2.28. The van der Waals surface area contributed by atoms with Gasteiger partial charge in [-0.25, -0.2) is 0 Å². The molecule has 0 radical (unpaired) electrons. The third kappa shape index (κ3) is 3.66. The van der Waals surface area contributed by atoms with Gasteiger partial charge in [0, 0.05) is 29.6 Å². The van der Waals surface area contributed by atoms with Crippen LogP contribution in [-0.2, 0) is 4.79 Å². The third-order valence-electron chi connectivity index (χ3n) is 5.04. The fourth-order valence-electron chi connectivity index (χ4n) is 3.38. The molecule has 2 aromatic rings. The van der Waals surface area contributed by atoms with Crippen molar-refractivity contribution in [3.8, 4) is 0 Å². The van der Waals surface area contributed by atoms with E-state index < -0.39 is 0 Å². The molecule has 1 aromatic heterocycles. The van der Waals surface area contributed by atoms with Gasteiger partial charge in [-0.2, -0.15) is 4.98 Å². The Morgan fingerprint density at radius 3 is 2.75 bits per heavy atom. The number of fused-ring (bicyclic) bond motifs is 1. The summed E-state index contributed by atoms with van der Waals surface area (Å²) in [6.07, 6.45) is 6.52. The summed E-state index contributed by atoms with van der Waals surface area (Å²) < 4.78 is 5.73. The summed E-state index contributed by atoms with van der Waals surface area (Å²) in [7, 11) is 0. The first-order valence-corrected chi connectivity index (χ1v) is 9.15. The summed E-state index contributed by atoms with van der Waals surface area (Å²) in [5.74, 6) is 1.14. The maximum Gasteiger partial charge on any atom is 0.295 e. The van der Waals surface area contributed by atoms with Crippen LogP contribution >= 0.6 is 11.6 Å². The standard InChI is InChI=1S/C18H22ClN3O2/c19-13-5-8-15-16(9-13)24-18(22-15)21-14-6-1-11(2-7-14)10-20-17(23)12-3-4-12/h5,8-9,11-12,14H,1-4,6-7,10H2,(H,20,23)(H,21,22). The Labute approximate surface area is 146 Å². The number of nitrogens with zero attached hydrogens (tertiary/aromatic N) is 1. The van der Waals surface area contributed by atoms with Crippen LogP contribution in [-0.4, -0.2) is 23.5 Å². The average Bonchev–Trinajstić information content (AvgIpc) is 3.35. The van der Waals surface area contributed by atoms with Gasteiger partial charge in [-0.15, -0.1) is 0 Å². The molecule has 0 saturated heterocycles. The van der Waals surface area contributed by atoms with Gasteiger partial charge in [0.25, 0.3) is 6.01 Å². The molecule has 2 aliphatic carbocycles. The van der Waals surface area contributed by atoms with Gasteiger partial charge in [-0.05, 0) is 56.6 Å². The maximum atomic E-state index is 11.7. The number of amides is 1. The Morgan fingerprint density at radius 2 is 2.00 bits per heavy atom. The molecule has 4 rings (SSSR count). The molecule has 2 aliphatic rings. The number of halogens is 1. The van der Waals surface area contributed by atoms with E-state index in [1.165, 1.54) is 0 Å². The second-order valence-electron chi connectivity index (χ2n) is 7.01. The fourth-order valence-corrected chi connectivity index (χ4v) is 3.54. The van der Waals surface area contributed by atoms with Crippen molar-refractivity contribution in [1.82, 2.24) is 10.3 Å². The van der Waals surface area contributed by atoms with Crippen LogP contribution in [0, 0.1) is 11.8 Å². The van der Waals surface area contributed by atoms with Crippen LogP contribution < -0.4 is 10.6 Å². The van der Waals surface area contributed by atoms with E-state index >= 15 is 0 Å². The topological polar surface area (TPSA) is 67.2 Å². The zero-order valence-electron chi connectivity index (χ0n) is 13.6. The Balaban J connectivity index is 1.26. The summed E-state index contributed by atoms with van der Waals surface area (Å²) in [5, 5.41) is 7.15. The summed E-state index contributed by atoms with van der Waals surface area (Å²) in [5.41, 5.74) is 1.53. The predicted octanol–water partition coefficient (Wildman–Crippen LogP) is 3.98. The van der Waals surface area contributed by atoms with Crippen molar-refractivity contribution >= 4 is 34.6 Å². The highest BCUT2D eigenvalue weighted by Gasteiger charge is 2.30. The lowest BCUT2D eigenvalue weighted by atomic mass is 9.86. The zero-order valence-corrected chi connectivity index (χ0v) is 14.3. The number of aromatic nitrogens is 1. The normalized spacial score (nSPS) is 24.0. The van der Waals surface area contributed by atoms with E-state index in [9.17, 15) is 4.79 Å². The van der Waals surface area contributed by atoms with E-state index in [1.807, 2.05) is 12.1 Å². The molecular formula is C18H22ClN3O2. The van der Waals surface area contributed by atoms with Gasteiger partial charge >= 0.3 is 0 Å². The van der Waals surface area contributed by atoms with Crippen molar-refractivity contribution in [3.63, 3.8) is 0 Å². The number of carbonyl (C=O) groups is 1. The molecule has 2 fully saturated rings. The minimum Gasteiger partial charge on any atom is -0.423 e. The number of hydrogen-bond acceptors (Lipinski definition) is 4. The number of hydrogen-bond donors (Lipinski definition) is 2. The van der Waals surface area contributed by atoms with E-state index in [1.54, 1.807) is 6.07 Å². The number of rotatable bonds is 5. The van der Waals surface area contributed by atoms with Crippen molar-refractivity contribution in [3.05, 3.63) is 23.2 Å². The molecule has 0 atom stereocenters. The molecule has 1 heterocycles. The molecular weight excluding hydrogens is 326 g/mol. The van der Waals surface area contributed by atoms with Crippen LogP contribution in [0.15, 0.2) is 22.6 Å². The average molecular weight is 348 g/mol. The second kappa shape index (κ2) is 6.63. The van der Waals surface area contributed by atoms with Crippen LogP contribution in [0.5, 0.6) is 0 Å². The maximum absolute atomic E-state index is 11.7. The molecule has 24 heavy (non-hydrogen) atoms. The molecule has 0 spiro atoms. The summed E-state index contributed by atoms with van der Waals surface area (Å²) in [6, 6.07) is 6.42. The fraction of sp³-hybridized carbons (Fsp3) is 0.556. The molecule has 5 nitrogen and oxygen atoms in total. The highest BCUT2D eigenvalue weighted by molar-refractivity contribution is 6.31. The first kappa shape index (κ1) is 15.8. The summed E-state index contributed by atoms with van der Waals surface area (Å²) in [4.78, 5) is 16.2. The van der Waals surface area contributed by atoms with Gasteiger partial charge in [0.1, 0.15) is 5.52 Å².